The van der Waals surface area contributed by atoms with Gasteiger partial charge in [-0.15, -0.1) is 0 Å². The number of aryl methyl sites for hydroxylation is 2. The maximum atomic E-state index is 4.64. The van der Waals surface area contributed by atoms with Crippen LogP contribution in [0.15, 0.2) is 6.07 Å². The van der Waals surface area contributed by atoms with Gasteiger partial charge in [0.1, 0.15) is 0 Å². The van der Waals surface area contributed by atoms with Crippen LogP contribution in [0.25, 0.3) is 0 Å². The zero-order chi connectivity index (χ0) is 13.7. The van der Waals surface area contributed by atoms with Crippen molar-refractivity contribution >= 4 is 0 Å². The predicted molar refractivity (Wildman–Crippen MR) is 79.3 cm³/mol. The summed E-state index contributed by atoms with van der Waals surface area (Å²) in [6.07, 6.45) is 4.89. The molecule has 1 aromatic heterocycles. The van der Waals surface area contributed by atoms with Crippen molar-refractivity contribution in [1.29, 1.82) is 0 Å². The zero-order valence-electron chi connectivity index (χ0n) is 12.7. The summed E-state index contributed by atoms with van der Waals surface area (Å²) in [5.74, 6) is 0. The van der Waals surface area contributed by atoms with Gasteiger partial charge < -0.3 is 5.32 Å². The van der Waals surface area contributed by atoms with Gasteiger partial charge in [-0.3, -0.25) is 9.58 Å². The van der Waals surface area contributed by atoms with E-state index in [1.165, 1.54) is 37.2 Å². The first kappa shape index (κ1) is 14.5. The Bertz CT molecular complexity index is 377. The highest BCUT2D eigenvalue weighted by atomic mass is 15.3. The lowest BCUT2D eigenvalue weighted by molar-refractivity contribution is 0.211. The lowest BCUT2D eigenvalue weighted by Gasteiger charge is -2.26. The normalized spacial score (nSPS) is 20.7. The molecule has 0 bridgehead atoms. The van der Waals surface area contributed by atoms with Crippen LogP contribution in [0.4, 0.5) is 0 Å². The minimum absolute atomic E-state index is 0.709. The van der Waals surface area contributed by atoms with Crippen molar-refractivity contribution in [2.75, 3.05) is 20.1 Å². The number of nitrogens with zero attached hydrogens (tertiary/aromatic N) is 3. The van der Waals surface area contributed by atoms with Crippen molar-refractivity contribution in [3.8, 4) is 0 Å². The van der Waals surface area contributed by atoms with E-state index in [4.69, 9.17) is 0 Å². The molecule has 1 aromatic rings. The average Bonchev–Trinajstić information content (AvgIpc) is 2.64. The quantitative estimate of drug-likeness (QED) is 0.883. The van der Waals surface area contributed by atoms with Gasteiger partial charge in [-0.05, 0) is 58.8 Å². The molecule has 1 aliphatic heterocycles. The third kappa shape index (κ3) is 3.80. The van der Waals surface area contributed by atoms with Crippen LogP contribution >= 0.6 is 0 Å². The van der Waals surface area contributed by atoms with Crippen molar-refractivity contribution in [3.05, 3.63) is 17.5 Å². The molecule has 19 heavy (non-hydrogen) atoms. The Balaban J connectivity index is 2.00. The van der Waals surface area contributed by atoms with E-state index in [1.807, 2.05) is 0 Å². The summed E-state index contributed by atoms with van der Waals surface area (Å²) >= 11 is 0. The van der Waals surface area contributed by atoms with Gasteiger partial charge in [0, 0.05) is 19.1 Å². The lowest BCUT2D eigenvalue weighted by Crippen LogP contribution is -2.32. The average molecular weight is 264 g/mol. The van der Waals surface area contributed by atoms with E-state index in [2.05, 4.69) is 47.0 Å². The highest BCUT2D eigenvalue weighted by Crippen LogP contribution is 2.16. The Morgan fingerprint density at radius 3 is 2.95 bits per heavy atom. The van der Waals surface area contributed by atoms with E-state index in [0.29, 0.717) is 6.04 Å². The second kappa shape index (κ2) is 7.06. The molecule has 0 saturated carbocycles. The number of rotatable bonds is 5. The molecule has 4 heteroatoms. The van der Waals surface area contributed by atoms with Gasteiger partial charge in [0.15, 0.2) is 0 Å². The van der Waals surface area contributed by atoms with Crippen molar-refractivity contribution in [2.24, 2.45) is 0 Å². The first-order valence-corrected chi connectivity index (χ1v) is 7.71. The van der Waals surface area contributed by atoms with E-state index in [-0.39, 0.29) is 0 Å². The fraction of sp³-hybridized carbons (Fsp3) is 0.800. The molecule has 1 fully saturated rings. The first-order valence-electron chi connectivity index (χ1n) is 7.71. The van der Waals surface area contributed by atoms with Crippen LogP contribution in [0.5, 0.6) is 0 Å². The molecule has 1 atom stereocenters. The Labute approximate surface area is 117 Å². The molecule has 4 nitrogen and oxygen atoms in total. The van der Waals surface area contributed by atoms with E-state index < -0.39 is 0 Å². The molecule has 108 valence electrons. The number of nitrogens with one attached hydrogen (secondary N) is 1. The van der Waals surface area contributed by atoms with Crippen molar-refractivity contribution < 1.29 is 0 Å². The number of hydrogen-bond acceptors (Lipinski definition) is 3. The SMILES string of the molecule is CCc1cc(CN(C)C2CCCNCC2)n(CC)n1. The number of aromatic nitrogens is 2. The Morgan fingerprint density at radius 2 is 2.21 bits per heavy atom. The van der Waals surface area contributed by atoms with E-state index in [0.717, 1.165) is 26.1 Å². The molecule has 0 spiro atoms. The molecule has 1 aliphatic rings. The summed E-state index contributed by atoms with van der Waals surface area (Å²) in [5.41, 5.74) is 2.58. The molecule has 2 rings (SSSR count). The lowest BCUT2D eigenvalue weighted by atomic mass is 10.1. The molecule has 1 unspecified atom stereocenters. The Morgan fingerprint density at radius 1 is 1.37 bits per heavy atom. The Kier molecular flexibility index (Phi) is 5.40. The molecule has 1 N–H and O–H groups in total. The van der Waals surface area contributed by atoms with E-state index >= 15 is 0 Å². The molecule has 0 aliphatic carbocycles. The van der Waals surface area contributed by atoms with Gasteiger partial charge in [-0.25, -0.2) is 0 Å². The largest absolute Gasteiger partial charge is 0.317 e. The molecule has 2 heterocycles. The predicted octanol–water partition coefficient (Wildman–Crippen LogP) is 2.04. The van der Waals surface area contributed by atoms with Gasteiger partial charge in [-0.1, -0.05) is 6.92 Å². The summed E-state index contributed by atoms with van der Waals surface area (Å²) in [6.45, 7) is 8.67. The third-order valence-electron chi connectivity index (χ3n) is 4.16. The van der Waals surface area contributed by atoms with Crippen LogP contribution in [-0.4, -0.2) is 40.9 Å². The van der Waals surface area contributed by atoms with Gasteiger partial charge in [0.25, 0.3) is 0 Å². The van der Waals surface area contributed by atoms with E-state index in [9.17, 15) is 0 Å². The second-order valence-corrected chi connectivity index (χ2v) is 5.55. The highest BCUT2D eigenvalue weighted by Gasteiger charge is 2.18. The van der Waals surface area contributed by atoms with Crippen molar-refractivity contribution in [2.45, 2.75) is 58.7 Å². The topological polar surface area (TPSA) is 33.1 Å². The maximum Gasteiger partial charge on any atom is 0.0625 e. The Hall–Kier alpha value is -0.870. The summed E-state index contributed by atoms with van der Waals surface area (Å²) in [5, 5.41) is 8.13. The van der Waals surface area contributed by atoms with Gasteiger partial charge in [-0.2, -0.15) is 5.10 Å². The van der Waals surface area contributed by atoms with Crippen molar-refractivity contribution in [3.63, 3.8) is 0 Å². The molecule has 0 aromatic carbocycles. The van der Waals surface area contributed by atoms with Gasteiger partial charge in [0.05, 0.1) is 11.4 Å². The molecular formula is C15H28N4. The van der Waals surface area contributed by atoms with Gasteiger partial charge in [0.2, 0.25) is 0 Å². The standard InChI is InChI=1S/C15H28N4/c1-4-13-11-15(19(5-2)17-13)12-18(3)14-7-6-9-16-10-8-14/h11,14,16H,4-10,12H2,1-3H3. The number of hydrogen-bond donors (Lipinski definition) is 1. The summed E-state index contributed by atoms with van der Waals surface area (Å²) in [7, 11) is 2.26. The van der Waals surface area contributed by atoms with Crippen LogP contribution in [0.1, 0.15) is 44.5 Å². The fourth-order valence-electron chi connectivity index (χ4n) is 2.91. The first-order chi connectivity index (χ1) is 9.24. The maximum absolute atomic E-state index is 4.64. The molecule has 1 saturated heterocycles. The van der Waals surface area contributed by atoms with Crippen LogP contribution in [0.3, 0.4) is 0 Å². The molecule has 0 radical (unpaired) electrons. The van der Waals surface area contributed by atoms with Crippen LogP contribution < -0.4 is 5.32 Å². The van der Waals surface area contributed by atoms with Crippen LogP contribution in [-0.2, 0) is 19.5 Å². The van der Waals surface area contributed by atoms with Crippen molar-refractivity contribution in [1.82, 2.24) is 20.0 Å². The highest BCUT2D eigenvalue weighted by molar-refractivity contribution is 5.10. The minimum Gasteiger partial charge on any atom is -0.317 e. The summed E-state index contributed by atoms with van der Waals surface area (Å²) < 4.78 is 2.16. The van der Waals surface area contributed by atoms with E-state index in [1.54, 1.807) is 0 Å². The third-order valence-corrected chi connectivity index (χ3v) is 4.16. The second-order valence-electron chi connectivity index (χ2n) is 5.55. The monoisotopic (exact) mass is 264 g/mol. The fourth-order valence-corrected chi connectivity index (χ4v) is 2.91. The van der Waals surface area contributed by atoms with Crippen LogP contribution in [0, 0.1) is 0 Å². The smallest absolute Gasteiger partial charge is 0.0625 e. The minimum atomic E-state index is 0.709. The summed E-state index contributed by atoms with van der Waals surface area (Å²) in [4.78, 5) is 2.51. The van der Waals surface area contributed by atoms with Crippen LogP contribution in [0.2, 0.25) is 0 Å². The molecule has 0 amide bonds. The molecular weight excluding hydrogens is 236 g/mol. The zero-order valence-corrected chi connectivity index (χ0v) is 12.7. The van der Waals surface area contributed by atoms with Gasteiger partial charge >= 0.3 is 0 Å². The summed E-state index contributed by atoms with van der Waals surface area (Å²) in [6, 6.07) is 2.98.